The van der Waals surface area contributed by atoms with Gasteiger partial charge in [0.05, 0.1) is 11.5 Å². The van der Waals surface area contributed by atoms with Crippen molar-refractivity contribution in [2.24, 2.45) is 5.92 Å². The highest BCUT2D eigenvalue weighted by molar-refractivity contribution is 5.96. The Morgan fingerprint density at radius 3 is 2.48 bits per heavy atom. The Balaban J connectivity index is 2.55. The van der Waals surface area contributed by atoms with Crippen LogP contribution in [0.25, 0.3) is 0 Å². The number of hydrogen-bond acceptors (Lipinski definition) is 5. The van der Waals surface area contributed by atoms with E-state index in [0.717, 1.165) is 12.0 Å². The van der Waals surface area contributed by atoms with Crippen LogP contribution in [0.15, 0.2) is 23.3 Å². The van der Waals surface area contributed by atoms with Gasteiger partial charge in [-0.2, -0.15) is 0 Å². The summed E-state index contributed by atoms with van der Waals surface area (Å²) < 4.78 is 9.79. The highest BCUT2D eigenvalue weighted by atomic mass is 16.6. The van der Waals surface area contributed by atoms with Gasteiger partial charge in [0.15, 0.2) is 0 Å². The second-order valence-corrected chi connectivity index (χ2v) is 5.03. The average molecular weight is 296 g/mol. The van der Waals surface area contributed by atoms with Gasteiger partial charge in [-0.05, 0) is 33.1 Å². The van der Waals surface area contributed by atoms with Crippen molar-refractivity contribution in [2.45, 2.75) is 33.1 Å². The molecule has 0 aromatic heterocycles. The first kappa shape index (κ1) is 16.9. The fourth-order valence-corrected chi connectivity index (χ4v) is 2.18. The third-order valence-corrected chi connectivity index (χ3v) is 3.27. The number of allylic oxidation sites excluding steroid dienone is 1. The molecule has 1 N–H and O–H groups in total. The van der Waals surface area contributed by atoms with Gasteiger partial charge in [0.2, 0.25) is 0 Å². The van der Waals surface area contributed by atoms with Gasteiger partial charge in [0.1, 0.15) is 13.2 Å². The maximum Gasteiger partial charge on any atom is 0.334 e. The predicted octanol–water partition coefficient (Wildman–Crippen LogP) is 1.85. The molecule has 1 aliphatic rings. The number of carboxylic acid groups (broad SMARTS) is 1. The normalized spacial score (nSPS) is 18.1. The van der Waals surface area contributed by atoms with E-state index >= 15 is 0 Å². The van der Waals surface area contributed by atoms with Gasteiger partial charge >= 0.3 is 17.9 Å². The van der Waals surface area contributed by atoms with Gasteiger partial charge in [0.25, 0.3) is 0 Å². The van der Waals surface area contributed by atoms with Crippen molar-refractivity contribution < 1.29 is 29.0 Å². The Hall–Kier alpha value is -2.11. The summed E-state index contributed by atoms with van der Waals surface area (Å²) in [6, 6.07) is 0. The van der Waals surface area contributed by atoms with E-state index in [1.54, 1.807) is 6.92 Å². The van der Waals surface area contributed by atoms with Crippen LogP contribution in [-0.2, 0) is 23.9 Å². The molecule has 1 unspecified atom stereocenters. The van der Waals surface area contributed by atoms with E-state index in [1.807, 2.05) is 0 Å². The van der Waals surface area contributed by atoms with Gasteiger partial charge in [-0.1, -0.05) is 12.2 Å². The number of aliphatic carboxylic acids is 1. The maximum absolute atomic E-state index is 12.0. The number of hydrogen-bond donors (Lipinski definition) is 1. The predicted molar refractivity (Wildman–Crippen MR) is 74.4 cm³/mol. The molecule has 1 rings (SSSR count). The van der Waals surface area contributed by atoms with Crippen molar-refractivity contribution >= 4 is 17.9 Å². The molecular weight excluding hydrogens is 276 g/mol. The molecule has 0 aromatic rings. The lowest BCUT2D eigenvalue weighted by atomic mass is 9.83. The zero-order valence-corrected chi connectivity index (χ0v) is 12.3. The minimum Gasteiger partial charge on any atom is -0.481 e. The summed E-state index contributed by atoms with van der Waals surface area (Å²) in [4.78, 5) is 34.3. The van der Waals surface area contributed by atoms with Gasteiger partial charge in [0, 0.05) is 5.57 Å². The molecule has 0 aromatic carbocycles. The average Bonchev–Trinajstić information content (AvgIpc) is 2.42. The van der Waals surface area contributed by atoms with Crippen LogP contribution in [0, 0.1) is 5.92 Å². The molecule has 0 fully saturated rings. The second kappa shape index (κ2) is 7.61. The molecule has 0 amide bonds. The largest absolute Gasteiger partial charge is 0.481 e. The zero-order valence-electron chi connectivity index (χ0n) is 12.3. The molecule has 21 heavy (non-hydrogen) atoms. The van der Waals surface area contributed by atoms with Crippen LogP contribution in [0.5, 0.6) is 0 Å². The third-order valence-electron chi connectivity index (χ3n) is 3.27. The fraction of sp³-hybridized carbons (Fsp3) is 0.533. The van der Waals surface area contributed by atoms with Crippen molar-refractivity contribution in [1.29, 1.82) is 0 Å². The first-order valence-electron chi connectivity index (χ1n) is 6.76. The van der Waals surface area contributed by atoms with Crippen molar-refractivity contribution in [3.8, 4) is 0 Å². The SMILES string of the molecule is C=C(C)C(=O)OCCOC(=O)C1=C(C)CCCC1C(=O)O. The van der Waals surface area contributed by atoms with Crippen molar-refractivity contribution in [2.75, 3.05) is 13.2 Å². The van der Waals surface area contributed by atoms with Gasteiger partial charge in [-0.3, -0.25) is 4.79 Å². The molecule has 6 nitrogen and oxygen atoms in total. The second-order valence-electron chi connectivity index (χ2n) is 5.03. The van der Waals surface area contributed by atoms with Crippen molar-refractivity contribution in [1.82, 2.24) is 0 Å². The van der Waals surface area contributed by atoms with Crippen LogP contribution in [0.3, 0.4) is 0 Å². The Bertz CT molecular complexity index is 488. The first-order chi connectivity index (χ1) is 9.84. The molecule has 0 bridgehead atoms. The van der Waals surface area contributed by atoms with E-state index < -0.39 is 23.8 Å². The minimum absolute atomic E-state index is 0.0818. The number of esters is 2. The molecule has 116 valence electrons. The van der Waals surface area contributed by atoms with Crippen LogP contribution in [0.4, 0.5) is 0 Å². The summed E-state index contributed by atoms with van der Waals surface area (Å²) in [6.07, 6.45) is 1.87. The van der Waals surface area contributed by atoms with Gasteiger partial charge < -0.3 is 14.6 Å². The molecular formula is C15H20O6. The third kappa shape index (κ3) is 4.73. The van der Waals surface area contributed by atoms with E-state index in [4.69, 9.17) is 14.6 Å². The lowest BCUT2D eigenvalue weighted by Gasteiger charge is -2.22. The Morgan fingerprint density at radius 2 is 1.90 bits per heavy atom. The molecule has 0 aliphatic heterocycles. The van der Waals surface area contributed by atoms with Crippen LogP contribution in [0.2, 0.25) is 0 Å². The van der Waals surface area contributed by atoms with Crippen molar-refractivity contribution in [3.63, 3.8) is 0 Å². The molecule has 6 heteroatoms. The number of carboxylic acids is 1. The molecule has 0 saturated carbocycles. The quantitative estimate of drug-likeness (QED) is 0.457. The zero-order chi connectivity index (χ0) is 16.0. The summed E-state index contributed by atoms with van der Waals surface area (Å²) in [5.41, 5.74) is 1.23. The lowest BCUT2D eigenvalue weighted by Crippen LogP contribution is -2.27. The Morgan fingerprint density at radius 1 is 1.29 bits per heavy atom. The maximum atomic E-state index is 12.0. The molecule has 1 atom stereocenters. The van der Waals surface area contributed by atoms with Crippen LogP contribution >= 0.6 is 0 Å². The van der Waals surface area contributed by atoms with E-state index in [0.29, 0.717) is 12.8 Å². The van der Waals surface area contributed by atoms with E-state index in [-0.39, 0.29) is 24.4 Å². The van der Waals surface area contributed by atoms with Gasteiger partial charge in [-0.25, -0.2) is 9.59 Å². The molecule has 0 radical (unpaired) electrons. The lowest BCUT2D eigenvalue weighted by molar-refractivity contribution is -0.149. The van der Waals surface area contributed by atoms with Crippen LogP contribution in [0.1, 0.15) is 33.1 Å². The Labute approximate surface area is 123 Å². The highest BCUT2D eigenvalue weighted by Gasteiger charge is 2.32. The number of carbonyl (C=O) groups is 3. The number of carbonyl (C=O) groups excluding carboxylic acids is 2. The topological polar surface area (TPSA) is 89.9 Å². The summed E-state index contributed by atoms with van der Waals surface area (Å²) in [7, 11) is 0. The standard InChI is InChI=1S/C15H20O6/c1-9(2)14(18)20-7-8-21-15(19)12-10(3)5-4-6-11(12)13(16)17/h11H,1,4-8H2,2-3H3,(H,16,17). The summed E-state index contributed by atoms with van der Waals surface area (Å²) in [5, 5.41) is 9.16. The number of ether oxygens (including phenoxy) is 2. The Kier molecular flexibility index (Phi) is 6.14. The highest BCUT2D eigenvalue weighted by Crippen LogP contribution is 2.31. The van der Waals surface area contributed by atoms with Crippen molar-refractivity contribution in [3.05, 3.63) is 23.3 Å². The fourth-order valence-electron chi connectivity index (χ4n) is 2.18. The molecule has 0 heterocycles. The van der Waals surface area contributed by atoms with E-state index in [2.05, 4.69) is 6.58 Å². The van der Waals surface area contributed by atoms with Gasteiger partial charge in [-0.15, -0.1) is 0 Å². The molecule has 1 aliphatic carbocycles. The monoisotopic (exact) mass is 296 g/mol. The summed E-state index contributed by atoms with van der Waals surface area (Å²) in [6.45, 7) is 6.49. The summed E-state index contributed by atoms with van der Waals surface area (Å²) in [5.74, 6) is -3.03. The summed E-state index contributed by atoms with van der Waals surface area (Å²) >= 11 is 0. The van der Waals surface area contributed by atoms with E-state index in [9.17, 15) is 14.4 Å². The van der Waals surface area contributed by atoms with E-state index in [1.165, 1.54) is 6.92 Å². The number of rotatable bonds is 6. The smallest absolute Gasteiger partial charge is 0.334 e. The van der Waals surface area contributed by atoms with Crippen LogP contribution in [-0.4, -0.2) is 36.2 Å². The molecule has 0 saturated heterocycles. The molecule has 0 spiro atoms. The minimum atomic E-state index is -1.02. The first-order valence-corrected chi connectivity index (χ1v) is 6.76. The van der Waals surface area contributed by atoms with Crippen LogP contribution < -0.4 is 0 Å².